The van der Waals surface area contributed by atoms with Crippen molar-refractivity contribution in [1.82, 2.24) is 35.0 Å². The van der Waals surface area contributed by atoms with Crippen molar-refractivity contribution >= 4 is 218 Å². The minimum atomic E-state index is -0.438. The number of nitrogens with zero attached hydrogens (tertiary/aromatic N) is 8. The fraction of sp³-hybridized carbons (Fsp3) is 0.627. The number of amides is 3. The Hall–Kier alpha value is -1.06. The van der Waals surface area contributed by atoms with E-state index in [-0.39, 0.29) is 60.9 Å². The van der Waals surface area contributed by atoms with Gasteiger partial charge in [-0.05, 0) is 147 Å². The zero-order valence-corrected chi connectivity index (χ0v) is 71.2. The largest absolute Gasteiger partial charge is 0.444 e. The Labute approximate surface area is 643 Å². The van der Waals surface area contributed by atoms with Crippen molar-refractivity contribution < 1.29 is 75.9 Å². The summed E-state index contributed by atoms with van der Waals surface area (Å²) in [7, 11) is 0. The number of hydrogen-bond donors (Lipinski definition) is 1. The quantitative estimate of drug-likeness (QED) is 0.0792. The first-order chi connectivity index (χ1) is 41.0. The third kappa shape index (κ3) is 66.8. The van der Waals surface area contributed by atoms with Crippen LogP contribution in [0.15, 0.2) is 61.1 Å². The fourth-order valence-corrected chi connectivity index (χ4v) is 6.02. The van der Waals surface area contributed by atoms with Crippen LogP contribution in [0.1, 0.15) is 127 Å². The molecule has 3 aromatic rings. The topological polar surface area (TPSA) is 248 Å². The van der Waals surface area contributed by atoms with E-state index in [0.717, 1.165) is 71.5 Å². The Morgan fingerprint density at radius 3 is 1.16 bits per heavy atom. The minimum Gasteiger partial charge on any atom is -0.444 e. The Balaban J connectivity index is -0.000000230. The van der Waals surface area contributed by atoms with Crippen molar-refractivity contribution in [2.75, 3.05) is 92.8 Å². The van der Waals surface area contributed by atoms with Crippen molar-refractivity contribution in [2.24, 2.45) is 0 Å². The molecular formula is C59H92ClI7N9O12V-. The number of carbonyl (C=O) groups excluding carboxylic acids is 9. The van der Waals surface area contributed by atoms with E-state index in [1.165, 1.54) is 35.7 Å². The molecule has 3 amide bonds. The minimum absolute atomic E-state index is 0. The Morgan fingerprint density at radius 1 is 0.596 bits per heavy atom. The molecule has 0 bridgehead atoms. The summed E-state index contributed by atoms with van der Waals surface area (Å²) in [5.74, 6) is 1.94. The first-order valence-corrected chi connectivity index (χ1v) is 36.7. The zero-order valence-electron chi connectivity index (χ0n) is 53.9. The number of hydrogen-bond acceptors (Lipinski definition) is 18. The molecule has 0 aliphatic carbocycles. The summed E-state index contributed by atoms with van der Waals surface area (Å²) in [6.07, 6.45) is 10.4. The van der Waals surface area contributed by atoms with Gasteiger partial charge < -0.3 is 66.6 Å². The summed E-state index contributed by atoms with van der Waals surface area (Å²) in [5.41, 5.74) is 1.08. The first kappa shape index (κ1) is 99.0. The predicted molar refractivity (Wildman–Crippen MR) is 408 cm³/mol. The van der Waals surface area contributed by atoms with Gasteiger partial charge in [0, 0.05) is 116 Å². The molecule has 0 atom stereocenters. The predicted octanol–water partition coefficient (Wildman–Crippen LogP) is 15.5. The van der Waals surface area contributed by atoms with Crippen LogP contribution in [0.5, 0.6) is 0 Å². The van der Waals surface area contributed by atoms with Gasteiger partial charge in [-0.25, -0.2) is 29.3 Å². The maximum atomic E-state index is 12.0. The third-order valence-electron chi connectivity index (χ3n) is 9.76. The number of anilines is 2. The molecule has 89 heavy (non-hydrogen) atoms. The zero-order chi connectivity index (χ0) is 69.0. The number of pyridine rings is 3. The van der Waals surface area contributed by atoms with E-state index in [4.69, 9.17) is 54.6 Å². The van der Waals surface area contributed by atoms with E-state index in [1.807, 2.05) is 112 Å². The van der Waals surface area contributed by atoms with Gasteiger partial charge in [-0.1, -0.05) is 181 Å². The Kier molecular flexibility index (Phi) is 67.4. The van der Waals surface area contributed by atoms with Crippen LogP contribution in [-0.4, -0.2) is 168 Å². The fourth-order valence-electron chi connectivity index (χ4n) is 5.80. The van der Waals surface area contributed by atoms with Crippen molar-refractivity contribution in [3.63, 3.8) is 0 Å². The van der Waals surface area contributed by atoms with Gasteiger partial charge in [-0.3, -0.25) is 4.43 Å². The molecule has 1 radical (unpaired) electrons. The van der Waals surface area contributed by atoms with Gasteiger partial charge in [0.05, 0.1) is 1.93 Å². The maximum Gasteiger partial charge on any atom is 0.410 e. The van der Waals surface area contributed by atoms with E-state index in [0.29, 0.717) is 30.8 Å². The van der Waals surface area contributed by atoms with Gasteiger partial charge in [0.2, 0.25) is 0 Å². The van der Waals surface area contributed by atoms with Crippen LogP contribution in [0, 0.1) is 18.3 Å². The molecule has 0 spiro atoms. The van der Waals surface area contributed by atoms with Crippen LogP contribution < -0.4 is 15.1 Å². The second kappa shape index (κ2) is 60.6. The van der Waals surface area contributed by atoms with Crippen LogP contribution in [0.4, 0.5) is 26.0 Å². The number of piperazine rings is 3. The smallest absolute Gasteiger partial charge is 0.410 e. The monoisotopic (exact) mass is 2090 g/mol. The third-order valence-corrected chi connectivity index (χ3v) is 16.0. The van der Waals surface area contributed by atoms with Crippen LogP contribution in [-0.2, 0) is 61.5 Å². The molecule has 21 nitrogen and oxygen atoms in total. The molecular weight excluding hydrogens is 2000 g/mol. The summed E-state index contributed by atoms with van der Waals surface area (Å²) in [5, 5.41) is 3.74. The van der Waals surface area contributed by atoms with Crippen molar-refractivity contribution in [1.29, 1.82) is 0 Å². The van der Waals surface area contributed by atoms with E-state index in [1.54, 1.807) is 27.1 Å². The van der Waals surface area contributed by atoms with Gasteiger partial charge >= 0.3 is 36.7 Å². The standard InChI is InChI=1S/C15H23N3O2.C14H21N3O2.C9H18N2O2.C6H6ClN.C3H5I3.C3H6I2.C3H7I.C3H6I.3CO2.V/c1-12-5-6-16-13(11-12)17-7-9-18(10-8-17)14(19)20-15(2,3)4;1-14(2,3)19-13(18)17-10-8-16(9-11-17)12-6-4-5-7-15-12;1-9(2,3)13-8(12)11-6-4-10-5-7-11;1-5-2-3-8-6(7)4-5;1-2-3(4,5)6;1-2-3(4)5;2*1-2-3-4;3*2-1-3;/h5-6,11H,7-10H2,1-4H3;4-7H,8-11H2,1-3H3;10H,4-7H2,1-3H3;2-4H,1H3;2H2,1H3;3H,2H2,1H3;2-3H2,1H3;3H,2H2,1H3;;;;/q;;;;;;;-1;;;;. The molecule has 507 valence electrons. The first-order valence-electron chi connectivity index (χ1n) is 27.9. The number of aromatic nitrogens is 3. The number of halogens is 8. The second-order valence-electron chi connectivity index (χ2n) is 20.9. The molecule has 0 unspecified atom stereocenters. The van der Waals surface area contributed by atoms with Gasteiger partial charge in [0.1, 0.15) is 33.0 Å². The molecule has 1 N–H and O–H groups in total. The number of aryl methyl sites for hydroxylation is 2. The van der Waals surface area contributed by atoms with E-state index in [9.17, 15) is 14.4 Å². The molecule has 6 rings (SSSR count). The molecule has 0 saturated carbocycles. The number of rotatable bonds is 6. The number of ether oxygens (including phenoxy) is 3. The van der Waals surface area contributed by atoms with Gasteiger partial charge in [0.15, 0.2) is 0 Å². The van der Waals surface area contributed by atoms with Crippen LogP contribution in [0.3, 0.4) is 0 Å². The number of alkyl halides is 6. The van der Waals surface area contributed by atoms with Crippen LogP contribution >= 0.6 is 170 Å². The van der Waals surface area contributed by atoms with Crippen molar-refractivity contribution in [2.45, 2.75) is 148 Å². The van der Waals surface area contributed by atoms with E-state index < -0.39 is 11.2 Å². The molecule has 6 heterocycles. The van der Waals surface area contributed by atoms with Gasteiger partial charge in [-0.15, -0.1) is 0 Å². The number of nitrogens with one attached hydrogen (secondary N) is 1. The summed E-state index contributed by atoms with van der Waals surface area (Å²) in [6.45, 7) is 38.7. The summed E-state index contributed by atoms with van der Waals surface area (Å²) in [6, 6.07) is 13.7. The average molecular weight is 2090 g/mol. The summed E-state index contributed by atoms with van der Waals surface area (Å²) < 4.78 is 20.7. The summed E-state index contributed by atoms with van der Waals surface area (Å²) in [4.78, 5) is 106. The van der Waals surface area contributed by atoms with Crippen LogP contribution in [0.25, 0.3) is 0 Å². The molecule has 3 aromatic heterocycles. The van der Waals surface area contributed by atoms with Crippen LogP contribution in [0.2, 0.25) is 5.15 Å². The maximum absolute atomic E-state index is 12.0. The second-order valence-corrected chi connectivity index (χ2v) is 40.4. The molecule has 3 aliphatic rings. The van der Waals surface area contributed by atoms with E-state index in [2.05, 4.69) is 233 Å². The Bertz CT molecular complexity index is 2300. The normalized spacial score (nSPS) is 13.0. The molecule has 3 fully saturated rings. The Morgan fingerprint density at radius 2 is 0.910 bits per heavy atom. The molecule has 3 aliphatic heterocycles. The van der Waals surface area contributed by atoms with Crippen molar-refractivity contribution in [3.05, 3.63) is 81.8 Å². The van der Waals surface area contributed by atoms with Crippen molar-refractivity contribution in [3.8, 4) is 0 Å². The van der Waals surface area contributed by atoms with Gasteiger partial charge in [-0.2, -0.15) is 35.2 Å². The number of carbonyl (C=O) groups is 3. The SMILES string of the molecule is CC(C)(C)OC(=O)N1CCN(c2ccccn2)CC1.CC(C)(C)OC(=O)N1CCNCC1.CCC(I)(I)I.CCC(I)I.CCCI.CC[CH-]I.Cc1ccnc(Cl)c1.Cc1ccnc(N2CCN(C(=O)OC(C)(C)C)CC2)c1.O=C=O.O=C=O.O=C=O.[V]. The van der Waals surface area contributed by atoms with E-state index >= 15 is 0 Å². The average Bonchev–Trinajstić information content (AvgIpc) is 3.67. The molecule has 3 saturated heterocycles. The molecule has 0 aromatic carbocycles. The molecule has 30 heteroatoms. The summed E-state index contributed by atoms with van der Waals surface area (Å²) >= 11 is 22.1. The van der Waals surface area contributed by atoms with Gasteiger partial charge in [0.25, 0.3) is 0 Å².